The lowest BCUT2D eigenvalue weighted by Crippen LogP contribution is -2.13. The highest BCUT2D eigenvalue weighted by atomic mass is 19.1. The van der Waals surface area contributed by atoms with Gasteiger partial charge in [-0.3, -0.25) is 4.79 Å². The van der Waals surface area contributed by atoms with E-state index in [1.807, 2.05) is 6.92 Å². The van der Waals surface area contributed by atoms with E-state index in [0.717, 1.165) is 5.56 Å². The van der Waals surface area contributed by atoms with E-state index in [-0.39, 0.29) is 11.7 Å². The molecule has 0 atom stereocenters. The second-order valence-corrected chi connectivity index (χ2v) is 4.44. The molecule has 0 unspecified atom stereocenters. The molecule has 0 saturated carbocycles. The maximum Gasteiger partial charge on any atom is 0.255 e. The van der Waals surface area contributed by atoms with Gasteiger partial charge in [-0.15, -0.1) is 0 Å². The number of amides is 1. The normalized spacial score (nSPS) is 10.3. The van der Waals surface area contributed by atoms with Gasteiger partial charge in [0.25, 0.3) is 5.91 Å². The molecule has 4 heteroatoms. The largest absolute Gasteiger partial charge is 0.399 e. The van der Waals surface area contributed by atoms with Crippen LogP contribution in [-0.2, 0) is 0 Å². The number of carbonyl (C=O) groups is 1. The summed E-state index contributed by atoms with van der Waals surface area (Å²) in [5, 5.41) is 2.69. The first-order valence-electron chi connectivity index (χ1n) is 5.91. The lowest BCUT2D eigenvalue weighted by molar-refractivity contribution is 0.102. The minimum Gasteiger partial charge on any atom is -0.399 e. The lowest BCUT2D eigenvalue weighted by atomic mass is 10.1. The fourth-order valence-corrected chi connectivity index (χ4v) is 1.75. The van der Waals surface area contributed by atoms with Gasteiger partial charge >= 0.3 is 0 Å². The van der Waals surface area contributed by atoms with Gasteiger partial charge in [0.15, 0.2) is 0 Å². The van der Waals surface area contributed by atoms with E-state index in [1.54, 1.807) is 37.3 Å². The van der Waals surface area contributed by atoms with Crippen LogP contribution < -0.4 is 11.1 Å². The van der Waals surface area contributed by atoms with Gasteiger partial charge < -0.3 is 11.1 Å². The summed E-state index contributed by atoms with van der Waals surface area (Å²) in [4.78, 5) is 12.1. The molecule has 1 amide bonds. The number of nitrogens with one attached hydrogen (secondary N) is 1. The van der Waals surface area contributed by atoms with Gasteiger partial charge in [0.1, 0.15) is 5.82 Å². The van der Waals surface area contributed by atoms with Crippen molar-refractivity contribution < 1.29 is 9.18 Å². The standard InChI is InChI=1S/C15H15FN2O/c1-9-8-11(6-7-13(9)17)15(19)18-14-5-3-4-12(16)10(14)2/h3-8H,17H2,1-2H3,(H,18,19). The van der Waals surface area contributed by atoms with E-state index in [0.29, 0.717) is 22.5 Å². The summed E-state index contributed by atoms with van der Waals surface area (Å²) in [5.41, 5.74) is 8.57. The molecule has 0 saturated heterocycles. The molecule has 0 spiro atoms. The van der Waals surface area contributed by atoms with Crippen molar-refractivity contribution in [2.45, 2.75) is 13.8 Å². The SMILES string of the molecule is Cc1cc(C(=O)Nc2cccc(F)c2C)ccc1N. The summed E-state index contributed by atoms with van der Waals surface area (Å²) >= 11 is 0. The quantitative estimate of drug-likeness (QED) is 0.812. The molecule has 19 heavy (non-hydrogen) atoms. The van der Waals surface area contributed by atoms with Crippen LogP contribution in [0.5, 0.6) is 0 Å². The number of aryl methyl sites for hydroxylation is 1. The number of nitrogens with two attached hydrogens (primary N) is 1. The fourth-order valence-electron chi connectivity index (χ4n) is 1.75. The van der Waals surface area contributed by atoms with Crippen LogP contribution in [0.3, 0.4) is 0 Å². The smallest absolute Gasteiger partial charge is 0.255 e. The third-order valence-electron chi connectivity index (χ3n) is 3.05. The molecule has 0 aliphatic heterocycles. The average Bonchev–Trinajstić information content (AvgIpc) is 2.38. The van der Waals surface area contributed by atoms with Crippen molar-refractivity contribution in [3.8, 4) is 0 Å². The van der Waals surface area contributed by atoms with E-state index in [9.17, 15) is 9.18 Å². The van der Waals surface area contributed by atoms with E-state index in [2.05, 4.69) is 5.32 Å². The topological polar surface area (TPSA) is 55.1 Å². The number of carbonyl (C=O) groups excluding carboxylic acids is 1. The highest BCUT2D eigenvalue weighted by Crippen LogP contribution is 2.19. The first-order chi connectivity index (χ1) is 8.99. The van der Waals surface area contributed by atoms with Gasteiger partial charge in [-0.25, -0.2) is 4.39 Å². The predicted octanol–water partition coefficient (Wildman–Crippen LogP) is 3.28. The molecular weight excluding hydrogens is 243 g/mol. The van der Waals surface area contributed by atoms with Crippen molar-refractivity contribution in [1.29, 1.82) is 0 Å². The second-order valence-electron chi connectivity index (χ2n) is 4.44. The molecule has 0 heterocycles. The Morgan fingerprint density at radius 1 is 1.21 bits per heavy atom. The third-order valence-corrected chi connectivity index (χ3v) is 3.05. The van der Waals surface area contributed by atoms with Crippen molar-refractivity contribution in [1.82, 2.24) is 0 Å². The van der Waals surface area contributed by atoms with Gasteiger partial charge in [-0.1, -0.05) is 6.07 Å². The van der Waals surface area contributed by atoms with Crippen molar-refractivity contribution in [2.75, 3.05) is 11.1 Å². The molecule has 0 fully saturated rings. The molecule has 2 rings (SSSR count). The van der Waals surface area contributed by atoms with Crippen LogP contribution in [0.15, 0.2) is 36.4 Å². The van der Waals surface area contributed by atoms with Crippen LogP contribution in [0.4, 0.5) is 15.8 Å². The summed E-state index contributed by atoms with van der Waals surface area (Å²) < 4.78 is 13.4. The number of anilines is 2. The molecule has 0 aliphatic rings. The summed E-state index contributed by atoms with van der Waals surface area (Å²) in [6.07, 6.45) is 0. The molecular formula is C15H15FN2O. The van der Waals surface area contributed by atoms with Gasteiger partial charge in [0.05, 0.1) is 0 Å². The van der Waals surface area contributed by atoms with Gasteiger partial charge in [0.2, 0.25) is 0 Å². The number of nitrogen functional groups attached to an aromatic ring is 1. The van der Waals surface area contributed by atoms with E-state index in [4.69, 9.17) is 5.73 Å². The molecule has 3 nitrogen and oxygen atoms in total. The van der Waals surface area contributed by atoms with Gasteiger partial charge in [-0.05, 0) is 49.7 Å². The molecule has 2 aromatic rings. The Hall–Kier alpha value is -2.36. The monoisotopic (exact) mass is 258 g/mol. The highest BCUT2D eigenvalue weighted by molar-refractivity contribution is 6.05. The highest BCUT2D eigenvalue weighted by Gasteiger charge is 2.10. The summed E-state index contributed by atoms with van der Waals surface area (Å²) in [6.45, 7) is 3.46. The molecule has 2 aromatic carbocycles. The molecule has 98 valence electrons. The summed E-state index contributed by atoms with van der Waals surface area (Å²) in [5.74, 6) is -0.622. The van der Waals surface area contributed by atoms with Gasteiger partial charge in [-0.2, -0.15) is 0 Å². The zero-order valence-electron chi connectivity index (χ0n) is 10.8. The first kappa shape index (κ1) is 13.1. The Balaban J connectivity index is 2.26. The van der Waals surface area contributed by atoms with Crippen molar-refractivity contribution in [2.24, 2.45) is 0 Å². The van der Waals surface area contributed by atoms with Crippen LogP contribution >= 0.6 is 0 Å². The minimum atomic E-state index is -0.341. The van der Waals surface area contributed by atoms with Crippen LogP contribution in [0.1, 0.15) is 21.5 Å². The number of hydrogen-bond acceptors (Lipinski definition) is 2. The minimum absolute atomic E-state index is 0.281. The predicted molar refractivity (Wildman–Crippen MR) is 74.7 cm³/mol. The lowest BCUT2D eigenvalue weighted by Gasteiger charge is -2.10. The van der Waals surface area contributed by atoms with Crippen molar-refractivity contribution in [3.63, 3.8) is 0 Å². The Bertz CT molecular complexity index is 638. The molecule has 0 aromatic heterocycles. The third kappa shape index (κ3) is 2.73. The zero-order valence-corrected chi connectivity index (χ0v) is 10.8. The molecule has 0 bridgehead atoms. The molecule has 3 N–H and O–H groups in total. The molecule has 0 aliphatic carbocycles. The van der Waals surface area contributed by atoms with E-state index < -0.39 is 0 Å². The summed E-state index contributed by atoms with van der Waals surface area (Å²) in [7, 11) is 0. The van der Waals surface area contributed by atoms with Crippen LogP contribution in [0, 0.1) is 19.7 Å². The van der Waals surface area contributed by atoms with E-state index >= 15 is 0 Å². The maximum atomic E-state index is 13.4. The zero-order chi connectivity index (χ0) is 14.0. The Morgan fingerprint density at radius 2 is 1.95 bits per heavy atom. The Labute approximate surface area is 111 Å². The fraction of sp³-hybridized carbons (Fsp3) is 0.133. The average molecular weight is 258 g/mol. The first-order valence-corrected chi connectivity index (χ1v) is 5.91. The van der Waals surface area contributed by atoms with E-state index in [1.165, 1.54) is 6.07 Å². The Morgan fingerprint density at radius 3 is 2.63 bits per heavy atom. The number of rotatable bonds is 2. The second kappa shape index (κ2) is 5.10. The number of benzene rings is 2. The Kier molecular flexibility index (Phi) is 3.51. The van der Waals surface area contributed by atoms with Crippen LogP contribution in [-0.4, -0.2) is 5.91 Å². The number of halogens is 1. The number of hydrogen-bond donors (Lipinski definition) is 2. The summed E-state index contributed by atoms with van der Waals surface area (Å²) in [6, 6.07) is 9.62. The van der Waals surface area contributed by atoms with Crippen LogP contribution in [0.25, 0.3) is 0 Å². The van der Waals surface area contributed by atoms with Crippen molar-refractivity contribution in [3.05, 3.63) is 58.9 Å². The maximum absolute atomic E-state index is 13.4. The van der Waals surface area contributed by atoms with Crippen LogP contribution in [0.2, 0.25) is 0 Å². The van der Waals surface area contributed by atoms with Gasteiger partial charge in [0, 0.05) is 22.5 Å². The van der Waals surface area contributed by atoms with Crippen molar-refractivity contribution >= 4 is 17.3 Å². The molecule has 0 radical (unpaired) electrons.